The summed E-state index contributed by atoms with van der Waals surface area (Å²) < 4.78 is 0. The maximum Gasteiger partial charge on any atom is 0.258 e. The average molecular weight is 313 g/mol. The zero-order chi connectivity index (χ0) is 16.8. The van der Waals surface area contributed by atoms with Gasteiger partial charge in [0.05, 0.1) is 6.54 Å². The summed E-state index contributed by atoms with van der Waals surface area (Å²) in [6.07, 6.45) is 3.51. The average Bonchev–Trinajstić information content (AvgIpc) is 2.65. The van der Waals surface area contributed by atoms with Crippen molar-refractivity contribution >= 4 is 16.7 Å². The SMILES string of the molecule is CC=C=CN(Cc1ccc2ccccc2c1)C(=O)c1ccccc1. The molecule has 3 aromatic carbocycles. The Kier molecular flexibility index (Phi) is 4.90. The monoisotopic (exact) mass is 313 g/mol. The van der Waals surface area contributed by atoms with Crippen molar-refractivity contribution in [3.05, 3.63) is 102 Å². The van der Waals surface area contributed by atoms with E-state index in [-0.39, 0.29) is 5.91 Å². The van der Waals surface area contributed by atoms with Crippen LogP contribution in [0.25, 0.3) is 10.8 Å². The van der Waals surface area contributed by atoms with E-state index in [0.717, 1.165) is 5.56 Å². The van der Waals surface area contributed by atoms with Crippen molar-refractivity contribution < 1.29 is 4.79 Å². The first kappa shape index (κ1) is 15.8. The van der Waals surface area contributed by atoms with Gasteiger partial charge in [-0.3, -0.25) is 4.79 Å². The molecule has 3 aromatic rings. The van der Waals surface area contributed by atoms with Crippen LogP contribution in [0.2, 0.25) is 0 Å². The number of rotatable bonds is 4. The molecule has 3 rings (SSSR count). The zero-order valence-electron chi connectivity index (χ0n) is 13.6. The lowest BCUT2D eigenvalue weighted by molar-refractivity contribution is 0.0814. The second-order valence-electron chi connectivity index (χ2n) is 5.57. The minimum Gasteiger partial charge on any atom is -0.303 e. The Balaban J connectivity index is 1.91. The van der Waals surface area contributed by atoms with Gasteiger partial charge in [0.25, 0.3) is 5.91 Å². The van der Waals surface area contributed by atoms with Crippen molar-refractivity contribution in [2.75, 3.05) is 0 Å². The molecule has 118 valence electrons. The van der Waals surface area contributed by atoms with Crippen LogP contribution in [0.3, 0.4) is 0 Å². The van der Waals surface area contributed by atoms with E-state index in [2.05, 4.69) is 36.1 Å². The molecule has 0 saturated heterocycles. The number of amides is 1. The van der Waals surface area contributed by atoms with Crippen molar-refractivity contribution in [3.8, 4) is 0 Å². The second-order valence-corrected chi connectivity index (χ2v) is 5.57. The molecule has 0 aliphatic carbocycles. The van der Waals surface area contributed by atoms with Gasteiger partial charge in [-0.25, -0.2) is 0 Å². The molecule has 2 nitrogen and oxygen atoms in total. The smallest absolute Gasteiger partial charge is 0.258 e. The third-order valence-electron chi connectivity index (χ3n) is 3.85. The van der Waals surface area contributed by atoms with E-state index < -0.39 is 0 Å². The lowest BCUT2D eigenvalue weighted by Crippen LogP contribution is -2.25. The summed E-state index contributed by atoms with van der Waals surface area (Å²) in [6.45, 7) is 2.40. The third kappa shape index (κ3) is 3.62. The zero-order valence-corrected chi connectivity index (χ0v) is 13.6. The number of carbonyl (C=O) groups is 1. The summed E-state index contributed by atoms with van der Waals surface area (Å²) in [7, 11) is 0. The van der Waals surface area contributed by atoms with Crippen LogP contribution in [0.5, 0.6) is 0 Å². The molecule has 0 aromatic heterocycles. The lowest BCUT2D eigenvalue weighted by Gasteiger charge is -2.18. The summed E-state index contributed by atoms with van der Waals surface area (Å²) in [5, 5.41) is 2.38. The molecular weight excluding hydrogens is 294 g/mol. The Labute approximate surface area is 142 Å². The van der Waals surface area contributed by atoms with Gasteiger partial charge in [-0.15, -0.1) is 5.73 Å². The maximum atomic E-state index is 12.8. The number of carbonyl (C=O) groups excluding carboxylic acids is 1. The molecule has 0 spiro atoms. The first-order valence-electron chi connectivity index (χ1n) is 7.99. The Morgan fingerprint density at radius 3 is 2.42 bits per heavy atom. The van der Waals surface area contributed by atoms with E-state index in [9.17, 15) is 4.79 Å². The van der Waals surface area contributed by atoms with Crippen LogP contribution in [0.15, 0.2) is 90.8 Å². The maximum absolute atomic E-state index is 12.8. The lowest BCUT2D eigenvalue weighted by atomic mass is 10.1. The van der Waals surface area contributed by atoms with Crippen LogP contribution in [0, 0.1) is 0 Å². The fourth-order valence-electron chi connectivity index (χ4n) is 2.62. The molecule has 2 heteroatoms. The summed E-state index contributed by atoms with van der Waals surface area (Å²) in [4.78, 5) is 14.5. The molecule has 1 amide bonds. The summed E-state index contributed by atoms with van der Waals surface area (Å²) in [5.74, 6) is -0.0295. The van der Waals surface area contributed by atoms with Crippen molar-refractivity contribution in [1.82, 2.24) is 4.90 Å². The number of hydrogen-bond donors (Lipinski definition) is 0. The van der Waals surface area contributed by atoms with Crippen LogP contribution < -0.4 is 0 Å². The predicted molar refractivity (Wildman–Crippen MR) is 98.6 cm³/mol. The first-order valence-corrected chi connectivity index (χ1v) is 7.99. The van der Waals surface area contributed by atoms with Gasteiger partial charge < -0.3 is 4.90 Å². The van der Waals surface area contributed by atoms with E-state index in [0.29, 0.717) is 12.1 Å². The van der Waals surface area contributed by atoms with E-state index in [1.54, 1.807) is 17.2 Å². The fourth-order valence-corrected chi connectivity index (χ4v) is 2.62. The molecule has 0 bridgehead atoms. The highest BCUT2D eigenvalue weighted by Gasteiger charge is 2.13. The number of benzene rings is 3. The molecule has 0 N–H and O–H groups in total. The highest BCUT2D eigenvalue weighted by Crippen LogP contribution is 2.18. The normalized spacial score (nSPS) is 10.0. The van der Waals surface area contributed by atoms with Crippen LogP contribution in [0.1, 0.15) is 22.8 Å². The Hall–Kier alpha value is -3.09. The molecule has 24 heavy (non-hydrogen) atoms. The minimum atomic E-state index is -0.0295. The van der Waals surface area contributed by atoms with Crippen LogP contribution >= 0.6 is 0 Å². The van der Waals surface area contributed by atoms with Crippen molar-refractivity contribution in [3.63, 3.8) is 0 Å². The fraction of sp³-hybridized carbons (Fsp3) is 0.0909. The van der Waals surface area contributed by atoms with E-state index in [1.165, 1.54) is 10.8 Å². The van der Waals surface area contributed by atoms with Gasteiger partial charge in [0, 0.05) is 11.8 Å². The molecule has 0 heterocycles. The molecule has 0 aliphatic rings. The predicted octanol–water partition coefficient (Wildman–Crippen LogP) is 5.17. The third-order valence-corrected chi connectivity index (χ3v) is 3.85. The minimum absolute atomic E-state index is 0.0295. The summed E-state index contributed by atoms with van der Waals surface area (Å²) in [5.41, 5.74) is 4.78. The van der Waals surface area contributed by atoms with Gasteiger partial charge in [0.15, 0.2) is 0 Å². The van der Waals surface area contributed by atoms with Crippen LogP contribution in [0.4, 0.5) is 0 Å². The van der Waals surface area contributed by atoms with Gasteiger partial charge in [0.1, 0.15) is 0 Å². The van der Waals surface area contributed by atoms with Gasteiger partial charge in [-0.2, -0.15) is 0 Å². The van der Waals surface area contributed by atoms with Gasteiger partial charge in [0.2, 0.25) is 0 Å². The summed E-state index contributed by atoms with van der Waals surface area (Å²) >= 11 is 0. The molecule has 0 fully saturated rings. The highest BCUT2D eigenvalue weighted by molar-refractivity contribution is 5.94. The van der Waals surface area contributed by atoms with E-state index in [4.69, 9.17) is 0 Å². The summed E-state index contributed by atoms with van der Waals surface area (Å²) in [6, 6.07) is 23.8. The van der Waals surface area contributed by atoms with Gasteiger partial charge in [-0.05, 0) is 47.5 Å². The van der Waals surface area contributed by atoms with Crippen molar-refractivity contribution in [1.29, 1.82) is 0 Å². The Morgan fingerprint density at radius 2 is 1.67 bits per heavy atom. The number of hydrogen-bond acceptors (Lipinski definition) is 1. The van der Waals surface area contributed by atoms with E-state index >= 15 is 0 Å². The second kappa shape index (κ2) is 7.45. The molecule has 0 radical (unpaired) electrons. The molecule has 0 atom stereocenters. The highest BCUT2D eigenvalue weighted by atomic mass is 16.2. The van der Waals surface area contributed by atoms with Crippen LogP contribution in [-0.4, -0.2) is 10.8 Å². The molecule has 0 aliphatic heterocycles. The molecule has 0 saturated carbocycles. The van der Waals surface area contributed by atoms with Gasteiger partial charge >= 0.3 is 0 Å². The number of fused-ring (bicyclic) bond motifs is 1. The Bertz CT molecular complexity index is 905. The number of nitrogens with zero attached hydrogens (tertiary/aromatic N) is 1. The Morgan fingerprint density at radius 1 is 0.958 bits per heavy atom. The van der Waals surface area contributed by atoms with Crippen LogP contribution in [-0.2, 0) is 6.54 Å². The van der Waals surface area contributed by atoms with Gasteiger partial charge in [-0.1, -0.05) is 54.6 Å². The van der Waals surface area contributed by atoms with Crippen molar-refractivity contribution in [2.45, 2.75) is 13.5 Å². The quantitative estimate of drug-likeness (QED) is 0.608. The number of allylic oxidation sites excluding steroid dienone is 1. The molecule has 0 unspecified atom stereocenters. The van der Waals surface area contributed by atoms with Crippen molar-refractivity contribution in [2.24, 2.45) is 0 Å². The first-order chi connectivity index (χ1) is 11.8. The topological polar surface area (TPSA) is 20.3 Å². The largest absolute Gasteiger partial charge is 0.303 e. The standard InChI is InChI=1S/C22H19NO/c1-2-3-15-23(22(24)20-10-5-4-6-11-20)17-18-13-14-19-9-7-8-12-21(19)16-18/h2,4-16H,17H2,1H3. The van der Waals surface area contributed by atoms with E-state index in [1.807, 2.05) is 49.4 Å². The molecular formula is C22H19NO.